The van der Waals surface area contributed by atoms with Crippen molar-refractivity contribution < 1.29 is 12.6 Å². The van der Waals surface area contributed by atoms with E-state index in [0.717, 1.165) is 31.9 Å². The van der Waals surface area contributed by atoms with Gasteiger partial charge in [-0.2, -0.15) is 8.42 Å². The summed E-state index contributed by atoms with van der Waals surface area (Å²) in [6.45, 7) is 6.58. The molecule has 0 bridgehead atoms. The van der Waals surface area contributed by atoms with Gasteiger partial charge in [0.15, 0.2) is 0 Å². The minimum absolute atomic E-state index is 0.274. The van der Waals surface area contributed by atoms with Crippen LogP contribution < -0.4 is 0 Å². The number of allylic oxidation sites excluding steroid dienone is 4. The Labute approximate surface area is 106 Å². The summed E-state index contributed by atoms with van der Waals surface area (Å²) in [7, 11) is -3.28. The van der Waals surface area contributed by atoms with Gasteiger partial charge in [-0.3, -0.25) is 4.18 Å². The Balaban J connectivity index is 3.67. The highest BCUT2D eigenvalue weighted by Gasteiger charge is 1.99. The van der Waals surface area contributed by atoms with Crippen LogP contribution in [0.5, 0.6) is 0 Å². The maximum absolute atomic E-state index is 10.7. The lowest BCUT2D eigenvalue weighted by Crippen LogP contribution is -2.03. The van der Waals surface area contributed by atoms with Crippen LogP contribution in [0.15, 0.2) is 23.3 Å². The average Bonchev–Trinajstić information content (AvgIpc) is 2.14. The van der Waals surface area contributed by atoms with E-state index in [2.05, 4.69) is 37.1 Å². The lowest BCUT2D eigenvalue weighted by molar-refractivity contribution is 0.317. The van der Waals surface area contributed by atoms with Gasteiger partial charge in [0.1, 0.15) is 0 Å². The van der Waals surface area contributed by atoms with Gasteiger partial charge in [0.05, 0.1) is 12.9 Å². The van der Waals surface area contributed by atoms with Gasteiger partial charge < -0.3 is 0 Å². The largest absolute Gasteiger partial charge is 0.270 e. The lowest BCUT2D eigenvalue weighted by Gasteiger charge is -2.01. The molecule has 4 heteroatoms. The average molecular weight is 260 g/mol. The number of hydrogen-bond acceptors (Lipinski definition) is 3. The quantitative estimate of drug-likeness (QED) is 0.381. The summed E-state index contributed by atoms with van der Waals surface area (Å²) >= 11 is 0. The second kappa shape index (κ2) is 8.48. The normalized spacial score (nSPS) is 12.6. The van der Waals surface area contributed by atoms with E-state index in [1.165, 1.54) is 11.1 Å². The summed E-state index contributed by atoms with van der Waals surface area (Å²) in [4.78, 5) is 0. The summed E-state index contributed by atoms with van der Waals surface area (Å²) in [5.41, 5.74) is 2.70. The maximum Gasteiger partial charge on any atom is 0.264 e. The molecule has 0 spiro atoms. The van der Waals surface area contributed by atoms with Crippen LogP contribution in [-0.4, -0.2) is 21.3 Å². The van der Waals surface area contributed by atoms with Crippen molar-refractivity contribution in [1.82, 2.24) is 0 Å². The van der Waals surface area contributed by atoms with Crippen molar-refractivity contribution in [3.8, 4) is 0 Å². The molecule has 0 fully saturated rings. The molecule has 0 atom stereocenters. The monoisotopic (exact) mass is 260 g/mol. The molecule has 0 aromatic rings. The number of unbranched alkanes of at least 4 members (excludes halogenated alkanes) is 1. The molecule has 0 aliphatic carbocycles. The zero-order valence-corrected chi connectivity index (χ0v) is 12.1. The Morgan fingerprint density at radius 2 is 1.76 bits per heavy atom. The van der Waals surface area contributed by atoms with Gasteiger partial charge in [0.25, 0.3) is 10.1 Å². The fourth-order valence-electron chi connectivity index (χ4n) is 1.33. The predicted molar refractivity (Wildman–Crippen MR) is 72.5 cm³/mol. The van der Waals surface area contributed by atoms with E-state index in [4.69, 9.17) is 0 Å². The molecule has 0 aliphatic heterocycles. The van der Waals surface area contributed by atoms with E-state index in [-0.39, 0.29) is 6.61 Å². The fourth-order valence-corrected chi connectivity index (χ4v) is 1.75. The summed E-state index contributed by atoms with van der Waals surface area (Å²) in [6.07, 6.45) is 9.22. The Kier molecular flexibility index (Phi) is 8.17. The van der Waals surface area contributed by atoms with Crippen molar-refractivity contribution in [2.75, 3.05) is 12.9 Å². The highest BCUT2D eigenvalue weighted by atomic mass is 32.2. The molecular formula is C13H24O3S. The van der Waals surface area contributed by atoms with Crippen LogP contribution in [0.3, 0.4) is 0 Å². The third-order valence-electron chi connectivity index (χ3n) is 2.23. The second-order valence-electron chi connectivity index (χ2n) is 4.54. The van der Waals surface area contributed by atoms with Crippen molar-refractivity contribution in [2.45, 2.75) is 46.5 Å². The van der Waals surface area contributed by atoms with E-state index >= 15 is 0 Å². The third kappa shape index (κ3) is 13.3. The van der Waals surface area contributed by atoms with Crippen LogP contribution in [-0.2, 0) is 14.3 Å². The molecule has 0 unspecified atom stereocenters. The first-order chi connectivity index (χ1) is 7.81. The van der Waals surface area contributed by atoms with Crippen molar-refractivity contribution in [2.24, 2.45) is 0 Å². The highest BCUT2D eigenvalue weighted by molar-refractivity contribution is 7.85. The molecule has 3 nitrogen and oxygen atoms in total. The molecule has 0 aromatic heterocycles. The van der Waals surface area contributed by atoms with Gasteiger partial charge >= 0.3 is 0 Å². The van der Waals surface area contributed by atoms with Gasteiger partial charge in [-0.25, -0.2) is 0 Å². The molecule has 0 saturated heterocycles. The smallest absolute Gasteiger partial charge is 0.264 e. The van der Waals surface area contributed by atoms with E-state index in [0.29, 0.717) is 0 Å². The first kappa shape index (κ1) is 16.4. The second-order valence-corrected chi connectivity index (χ2v) is 6.18. The Bertz CT molecular complexity index is 360. The van der Waals surface area contributed by atoms with Crippen LogP contribution in [0.2, 0.25) is 0 Å². The topological polar surface area (TPSA) is 43.4 Å². The Morgan fingerprint density at radius 1 is 1.12 bits per heavy atom. The van der Waals surface area contributed by atoms with Crippen molar-refractivity contribution in [1.29, 1.82) is 0 Å². The van der Waals surface area contributed by atoms with Gasteiger partial charge in [0.2, 0.25) is 0 Å². The third-order valence-corrected chi connectivity index (χ3v) is 2.82. The minimum Gasteiger partial charge on any atom is -0.270 e. The highest BCUT2D eigenvalue weighted by Crippen LogP contribution is 2.08. The molecule has 0 radical (unpaired) electrons. The SMILES string of the molecule is CC(C)=CCCC(C)=CCCCOS(C)(=O)=O. The van der Waals surface area contributed by atoms with Gasteiger partial charge in [-0.1, -0.05) is 23.3 Å². The Hall–Kier alpha value is -0.610. The molecule has 100 valence electrons. The summed E-state index contributed by atoms with van der Waals surface area (Å²) in [5, 5.41) is 0. The van der Waals surface area contributed by atoms with Crippen molar-refractivity contribution in [3.05, 3.63) is 23.3 Å². The molecule has 0 saturated carbocycles. The van der Waals surface area contributed by atoms with Crippen LogP contribution in [0.4, 0.5) is 0 Å². The van der Waals surface area contributed by atoms with E-state index in [9.17, 15) is 8.42 Å². The predicted octanol–water partition coefficient (Wildman–Crippen LogP) is 3.44. The fraction of sp³-hybridized carbons (Fsp3) is 0.692. The summed E-state index contributed by atoms with van der Waals surface area (Å²) in [5.74, 6) is 0. The summed E-state index contributed by atoms with van der Waals surface area (Å²) < 4.78 is 26.0. The van der Waals surface area contributed by atoms with Crippen LogP contribution in [0.1, 0.15) is 46.5 Å². The van der Waals surface area contributed by atoms with E-state index in [1.807, 2.05) is 0 Å². The molecule has 0 aliphatic rings. The van der Waals surface area contributed by atoms with Crippen LogP contribution in [0, 0.1) is 0 Å². The molecule has 17 heavy (non-hydrogen) atoms. The first-order valence-corrected chi connectivity index (χ1v) is 7.76. The van der Waals surface area contributed by atoms with Crippen molar-refractivity contribution >= 4 is 10.1 Å². The van der Waals surface area contributed by atoms with Gasteiger partial charge in [-0.05, 0) is 46.5 Å². The standard InChI is InChI=1S/C13H24O3S/c1-12(2)8-7-10-13(3)9-5-6-11-16-17(4,14)15/h8-9H,5-7,10-11H2,1-4H3. The number of hydrogen-bond donors (Lipinski definition) is 0. The molecule has 0 rings (SSSR count). The summed E-state index contributed by atoms with van der Waals surface area (Å²) in [6, 6.07) is 0. The van der Waals surface area contributed by atoms with Gasteiger partial charge in [0, 0.05) is 0 Å². The lowest BCUT2D eigenvalue weighted by atomic mass is 10.1. The first-order valence-electron chi connectivity index (χ1n) is 5.94. The number of rotatable bonds is 8. The van der Waals surface area contributed by atoms with Crippen molar-refractivity contribution in [3.63, 3.8) is 0 Å². The minimum atomic E-state index is -3.28. The molecule has 0 amide bonds. The molecule has 0 aromatic carbocycles. The van der Waals surface area contributed by atoms with Crippen LogP contribution >= 0.6 is 0 Å². The molecule has 0 N–H and O–H groups in total. The maximum atomic E-state index is 10.7. The van der Waals surface area contributed by atoms with E-state index in [1.54, 1.807) is 0 Å². The van der Waals surface area contributed by atoms with Gasteiger partial charge in [-0.15, -0.1) is 0 Å². The zero-order valence-electron chi connectivity index (χ0n) is 11.3. The zero-order chi connectivity index (χ0) is 13.3. The van der Waals surface area contributed by atoms with E-state index < -0.39 is 10.1 Å². The van der Waals surface area contributed by atoms with Crippen LogP contribution in [0.25, 0.3) is 0 Å². The Morgan fingerprint density at radius 3 is 2.29 bits per heavy atom. The molecule has 0 heterocycles. The molecular weight excluding hydrogens is 236 g/mol.